The normalized spacial score (nSPS) is 21.9. The zero-order chi connectivity index (χ0) is 11.4. The maximum Gasteiger partial charge on any atom is 0.123 e. The van der Waals surface area contributed by atoms with Crippen LogP contribution in [0.3, 0.4) is 0 Å². The molecule has 0 aromatic carbocycles. The van der Waals surface area contributed by atoms with Crippen LogP contribution >= 0.6 is 11.3 Å². The van der Waals surface area contributed by atoms with E-state index in [1.54, 1.807) is 6.20 Å². The quantitative estimate of drug-likeness (QED) is 0.850. The van der Waals surface area contributed by atoms with E-state index in [-0.39, 0.29) is 6.04 Å². The van der Waals surface area contributed by atoms with Gasteiger partial charge in [0.05, 0.1) is 0 Å². The van der Waals surface area contributed by atoms with Gasteiger partial charge in [-0.3, -0.25) is 0 Å². The molecule has 1 aromatic heterocycles. The summed E-state index contributed by atoms with van der Waals surface area (Å²) in [6.45, 7) is 0. The summed E-state index contributed by atoms with van der Waals surface area (Å²) in [5, 5.41) is 12.7. The average molecular weight is 240 g/mol. The topological polar surface area (TPSA) is 59.1 Å². The monoisotopic (exact) mass is 240 g/mol. The van der Waals surface area contributed by atoms with Crippen LogP contribution in [0.15, 0.2) is 11.6 Å². The molecule has 90 valence electrons. The van der Waals surface area contributed by atoms with Crippen molar-refractivity contribution in [2.75, 3.05) is 0 Å². The van der Waals surface area contributed by atoms with E-state index in [0.29, 0.717) is 5.92 Å². The minimum atomic E-state index is -0.582. The van der Waals surface area contributed by atoms with Crippen molar-refractivity contribution in [3.8, 4) is 0 Å². The molecule has 4 heteroatoms. The van der Waals surface area contributed by atoms with Crippen molar-refractivity contribution < 1.29 is 5.11 Å². The fourth-order valence-corrected chi connectivity index (χ4v) is 3.20. The SMILES string of the molecule is N[C@@H](CC1CCCCC1)C(O)c1nccs1. The predicted octanol–water partition coefficient (Wildman–Crippen LogP) is 2.47. The molecule has 2 atom stereocenters. The molecule has 1 unspecified atom stereocenters. The Morgan fingerprint density at radius 2 is 2.19 bits per heavy atom. The summed E-state index contributed by atoms with van der Waals surface area (Å²) in [5.41, 5.74) is 6.06. The van der Waals surface area contributed by atoms with Gasteiger partial charge >= 0.3 is 0 Å². The lowest BCUT2D eigenvalue weighted by molar-refractivity contribution is 0.127. The van der Waals surface area contributed by atoms with Crippen LogP contribution in [0, 0.1) is 5.92 Å². The van der Waals surface area contributed by atoms with Crippen LogP contribution in [-0.2, 0) is 0 Å². The fraction of sp³-hybridized carbons (Fsp3) is 0.750. The summed E-state index contributed by atoms with van der Waals surface area (Å²) < 4.78 is 0. The van der Waals surface area contributed by atoms with Gasteiger partial charge < -0.3 is 10.8 Å². The Hall–Kier alpha value is -0.450. The molecule has 3 nitrogen and oxygen atoms in total. The third-order valence-electron chi connectivity index (χ3n) is 3.44. The van der Waals surface area contributed by atoms with Gasteiger partial charge in [-0.15, -0.1) is 11.3 Å². The molecule has 3 N–H and O–H groups in total. The summed E-state index contributed by atoms with van der Waals surface area (Å²) in [7, 11) is 0. The second-order valence-electron chi connectivity index (χ2n) is 4.72. The number of hydrogen-bond donors (Lipinski definition) is 2. The van der Waals surface area contributed by atoms with Gasteiger partial charge in [0.2, 0.25) is 0 Å². The second-order valence-corrected chi connectivity index (χ2v) is 5.64. The van der Waals surface area contributed by atoms with Crippen LogP contribution in [-0.4, -0.2) is 16.1 Å². The molecule has 1 aliphatic rings. The summed E-state index contributed by atoms with van der Waals surface area (Å²) in [5.74, 6) is 0.707. The van der Waals surface area contributed by atoms with E-state index < -0.39 is 6.10 Å². The molecule has 0 spiro atoms. The van der Waals surface area contributed by atoms with Gasteiger partial charge in [-0.2, -0.15) is 0 Å². The molecule has 0 saturated heterocycles. The number of aromatic nitrogens is 1. The van der Waals surface area contributed by atoms with Crippen molar-refractivity contribution in [3.63, 3.8) is 0 Å². The largest absolute Gasteiger partial charge is 0.384 e. The summed E-state index contributed by atoms with van der Waals surface area (Å²) in [6.07, 6.45) is 8.63. The molecule has 0 radical (unpaired) electrons. The number of nitrogens with zero attached hydrogens (tertiary/aromatic N) is 1. The van der Waals surface area contributed by atoms with Crippen molar-refractivity contribution >= 4 is 11.3 Å². The van der Waals surface area contributed by atoms with Gasteiger partial charge in [-0.05, 0) is 12.3 Å². The first kappa shape index (κ1) is 12.0. The maximum atomic E-state index is 10.0. The molecule has 1 aliphatic carbocycles. The van der Waals surface area contributed by atoms with Gasteiger partial charge in [0.15, 0.2) is 0 Å². The molecule has 1 saturated carbocycles. The third-order valence-corrected chi connectivity index (χ3v) is 4.29. The molecular weight excluding hydrogens is 220 g/mol. The Morgan fingerprint density at radius 1 is 1.44 bits per heavy atom. The summed E-state index contributed by atoms with van der Waals surface area (Å²) in [6, 6.07) is -0.158. The summed E-state index contributed by atoms with van der Waals surface area (Å²) in [4.78, 5) is 4.12. The minimum absolute atomic E-state index is 0.158. The van der Waals surface area contributed by atoms with Crippen molar-refractivity contribution in [2.24, 2.45) is 11.7 Å². The number of aliphatic hydroxyl groups is 1. The number of nitrogens with two attached hydrogens (primary N) is 1. The fourth-order valence-electron chi connectivity index (χ4n) is 2.50. The Kier molecular flexibility index (Phi) is 4.32. The predicted molar refractivity (Wildman–Crippen MR) is 66.2 cm³/mol. The van der Waals surface area contributed by atoms with Crippen molar-refractivity contribution in [1.82, 2.24) is 4.98 Å². The number of hydrogen-bond acceptors (Lipinski definition) is 4. The van der Waals surface area contributed by atoms with Gasteiger partial charge in [0, 0.05) is 17.6 Å². The van der Waals surface area contributed by atoms with Crippen LogP contribution in [0.4, 0.5) is 0 Å². The van der Waals surface area contributed by atoms with Gasteiger partial charge in [-0.25, -0.2) is 4.98 Å². The molecule has 1 aromatic rings. The van der Waals surface area contributed by atoms with Crippen LogP contribution in [0.1, 0.15) is 49.6 Å². The first-order chi connectivity index (χ1) is 7.77. The smallest absolute Gasteiger partial charge is 0.123 e. The van der Waals surface area contributed by atoms with E-state index >= 15 is 0 Å². The highest BCUT2D eigenvalue weighted by atomic mass is 32.1. The van der Waals surface area contributed by atoms with Crippen molar-refractivity contribution in [2.45, 2.75) is 50.7 Å². The van der Waals surface area contributed by atoms with Crippen molar-refractivity contribution in [1.29, 1.82) is 0 Å². The molecule has 0 bridgehead atoms. The van der Waals surface area contributed by atoms with Gasteiger partial charge in [0.25, 0.3) is 0 Å². The lowest BCUT2D eigenvalue weighted by atomic mass is 9.84. The standard InChI is InChI=1S/C12H20N2OS/c13-10(8-9-4-2-1-3-5-9)11(15)12-14-6-7-16-12/h6-7,9-11,15H,1-5,8,13H2/t10-,11?/m0/s1. The van der Waals surface area contributed by atoms with Crippen LogP contribution in [0.2, 0.25) is 0 Å². The molecule has 0 aliphatic heterocycles. The van der Waals surface area contributed by atoms with Crippen molar-refractivity contribution in [3.05, 3.63) is 16.6 Å². The molecule has 0 amide bonds. The van der Waals surface area contributed by atoms with E-state index in [0.717, 1.165) is 11.4 Å². The molecule has 1 fully saturated rings. The van der Waals surface area contributed by atoms with Crippen LogP contribution in [0.25, 0.3) is 0 Å². The Bertz CT molecular complexity index is 296. The first-order valence-corrected chi connectivity index (χ1v) is 6.98. The summed E-state index contributed by atoms with van der Waals surface area (Å²) >= 11 is 1.48. The molecule has 1 heterocycles. The third kappa shape index (κ3) is 3.03. The highest BCUT2D eigenvalue weighted by Gasteiger charge is 2.23. The number of rotatable bonds is 4. The van der Waals surface area contributed by atoms with E-state index in [2.05, 4.69) is 4.98 Å². The molecule has 16 heavy (non-hydrogen) atoms. The van der Waals surface area contributed by atoms with Gasteiger partial charge in [-0.1, -0.05) is 32.1 Å². The number of aliphatic hydroxyl groups excluding tert-OH is 1. The zero-order valence-corrected chi connectivity index (χ0v) is 10.3. The van der Waals surface area contributed by atoms with E-state index in [1.165, 1.54) is 43.4 Å². The molecular formula is C12H20N2OS. The first-order valence-electron chi connectivity index (χ1n) is 6.10. The number of thiazole rings is 1. The van der Waals surface area contributed by atoms with Gasteiger partial charge in [0.1, 0.15) is 11.1 Å². The van der Waals surface area contributed by atoms with E-state index in [9.17, 15) is 5.11 Å². The van der Waals surface area contributed by atoms with E-state index in [4.69, 9.17) is 5.73 Å². The second kappa shape index (κ2) is 5.75. The van der Waals surface area contributed by atoms with E-state index in [1.807, 2.05) is 5.38 Å². The Balaban J connectivity index is 1.84. The lowest BCUT2D eigenvalue weighted by Gasteiger charge is -2.26. The Morgan fingerprint density at radius 3 is 2.81 bits per heavy atom. The highest BCUT2D eigenvalue weighted by Crippen LogP contribution is 2.30. The minimum Gasteiger partial charge on any atom is -0.384 e. The lowest BCUT2D eigenvalue weighted by Crippen LogP contribution is -2.31. The average Bonchev–Trinajstić information content (AvgIpc) is 2.83. The highest BCUT2D eigenvalue weighted by molar-refractivity contribution is 7.09. The van der Waals surface area contributed by atoms with Crippen LogP contribution < -0.4 is 5.73 Å². The molecule has 2 rings (SSSR count). The maximum absolute atomic E-state index is 10.0. The zero-order valence-electron chi connectivity index (χ0n) is 9.51. The Labute approximate surface area is 101 Å². The van der Waals surface area contributed by atoms with Crippen LogP contribution in [0.5, 0.6) is 0 Å².